The Morgan fingerprint density at radius 2 is 1.86 bits per heavy atom. The third kappa shape index (κ3) is 6.28. The van der Waals surface area contributed by atoms with E-state index in [0.717, 1.165) is 5.56 Å². The van der Waals surface area contributed by atoms with Crippen LogP contribution >= 0.6 is 0 Å². The van der Waals surface area contributed by atoms with Gasteiger partial charge in [0.1, 0.15) is 12.1 Å². The van der Waals surface area contributed by atoms with Crippen molar-refractivity contribution < 1.29 is 24.4 Å². The van der Waals surface area contributed by atoms with Gasteiger partial charge in [0, 0.05) is 6.54 Å². The average Bonchev–Trinajstić information content (AvgIpc) is 3.17. The summed E-state index contributed by atoms with van der Waals surface area (Å²) in [5.74, 6) is -2.17. The lowest BCUT2D eigenvalue weighted by Gasteiger charge is -2.29. The summed E-state index contributed by atoms with van der Waals surface area (Å²) in [6.07, 6.45) is 1.35. The molecule has 0 unspecified atom stereocenters. The molecule has 2 rings (SSSR count). The van der Waals surface area contributed by atoms with Crippen LogP contribution in [-0.2, 0) is 20.8 Å². The van der Waals surface area contributed by atoms with Crippen molar-refractivity contribution in [2.45, 2.75) is 57.2 Å². The van der Waals surface area contributed by atoms with Crippen molar-refractivity contribution in [2.75, 3.05) is 6.54 Å². The number of carbonyl (C=O) groups is 3. The van der Waals surface area contributed by atoms with Crippen molar-refractivity contribution in [1.29, 1.82) is 0 Å². The van der Waals surface area contributed by atoms with Crippen LogP contribution in [0.2, 0.25) is 0 Å². The number of carbonyl (C=O) groups excluding carboxylic acids is 3. The highest BCUT2D eigenvalue weighted by Gasteiger charge is 2.38. The molecule has 9 nitrogen and oxygen atoms in total. The Morgan fingerprint density at radius 1 is 1.21 bits per heavy atom. The van der Waals surface area contributed by atoms with Crippen molar-refractivity contribution in [2.24, 2.45) is 5.73 Å². The molecule has 1 aromatic rings. The maximum Gasteiger partial charge on any atom is 0.475 e. The number of benzene rings is 1. The molecule has 0 spiro atoms. The summed E-state index contributed by atoms with van der Waals surface area (Å²) in [5, 5.41) is 24.6. The van der Waals surface area contributed by atoms with Crippen LogP contribution in [0.25, 0.3) is 0 Å². The van der Waals surface area contributed by atoms with Crippen molar-refractivity contribution in [3.05, 3.63) is 35.9 Å². The number of amides is 3. The standard InChI is InChI=1S/C19H29BN4O5/c1-12(21)17(25)22-13(2)19(27)24-10-6-9-15(24)18(26)23-16(20(28)29)11-14-7-4-3-5-8-14/h3-5,7-8,12-13,15-16,28-29H,6,9-11,21H2,1-2H3,(H,22,25)(H,23,26)/t12-,13-,15-,16-/m0/s1. The lowest BCUT2D eigenvalue weighted by molar-refractivity contribution is -0.141. The highest BCUT2D eigenvalue weighted by atomic mass is 16.4. The van der Waals surface area contributed by atoms with E-state index in [-0.39, 0.29) is 12.3 Å². The molecular weight excluding hydrogens is 375 g/mol. The highest BCUT2D eigenvalue weighted by molar-refractivity contribution is 6.43. The first-order valence-electron chi connectivity index (χ1n) is 9.77. The first-order chi connectivity index (χ1) is 13.7. The van der Waals surface area contributed by atoms with Crippen LogP contribution in [0, 0.1) is 0 Å². The number of hydrogen-bond donors (Lipinski definition) is 5. The Bertz CT molecular complexity index is 716. The molecule has 0 bridgehead atoms. The quantitative estimate of drug-likeness (QED) is 0.336. The molecule has 1 heterocycles. The van der Waals surface area contributed by atoms with Crippen LogP contribution < -0.4 is 16.4 Å². The second-order valence-electron chi connectivity index (χ2n) is 7.43. The Hall–Kier alpha value is -2.43. The Morgan fingerprint density at radius 3 is 2.45 bits per heavy atom. The second-order valence-corrected chi connectivity index (χ2v) is 7.43. The number of nitrogens with two attached hydrogens (primary N) is 1. The summed E-state index contributed by atoms with van der Waals surface area (Å²) in [6, 6.07) is 6.87. The fraction of sp³-hybridized carbons (Fsp3) is 0.526. The van der Waals surface area contributed by atoms with E-state index in [1.807, 2.05) is 30.3 Å². The van der Waals surface area contributed by atoms with Gasteiger partial charge in [0.25, 0.3) is 0 Å². The second kappa shape index (κ2) is 10.4. The Balaban J connectivity index is 2.02. The van der Waals surface area contributed by atoms with Gasteiger partial charge in [0.05, 0.1) is 12.0 Å². The van der Waals surface area contributed by atoms with E-state index in [9.17, 15) is 24.4 Å². The largest absolute Gasteiger partial charge is 0.475 e. The summed E-state index contributed by atoms with van der Waals surface area (Å²) >= 11 is 0. The van der Waals surface area contributed by atoms with Crippen molar-refractivity contribution in [1.82, 2.24) is 15.5 Å². The maximum atomic E-state index is 12.8. The number of rotatable bonds is 8. The smallest absolute Gasteiger partial charge is 0.426 e. The molecule has 10 heteroatoms. The van der Waals surface area contributed by atoms with Crippen molar-refractivity contribution in [3.63, 3.8) is 0 Å². The molecule has 158 valence electrons. The average molecular weight is 404 g/mol. The molecule has 0 saturated carbocycles. The molecule has 0 aliphatic carbocycles. The van der Waals surface area contributed by atoms with Gasteiger partial charge in [-0.1, -0.05) is 30.3 Å². The molecule has 0 radical (unpaired) electrons. The molecule has 3 amide bonds. The van der Waals surface area contributed by atoms with E-state index in [1.165, 1.54) is 11.8 Å². The van der Waals surface area contributed by atoms with Gasteiger partial charge in [-0.15, -0.1) is 0 Å². The van der Waals surface area contributed by atoms with Crippen LogP contribution in [0.3, 0.4) is 0 Å². The van der Waals surface area contributed by atoms with Gasteiger partial charge >= 0.3 is 7.12 Å². The number of likely N-dealkylation sites (tertiary alicyclic amines) is 1. The zero-order chi connectivity index (χ0) is 21.6. The lowest BCUT2D eigenvalue weighted by Crippen LogP contribution is -2.57. The molecule has 0 aromatic heterocycles. The molecule has 4 atom stereocenters. The first kappa shape index (κ1) is 22.9. The topological polar surface area (TPSA) is 145 Å². The van der Waals surface area contributed by atoms with E-state index in [0.29, 0.717) is 19.4 Å². The van der Waals surface area contributed by atoms with Crippen LogP contribution in [0.5, 0.6) is 0 Å². The summed E-state index contributed by atoms with van der Waals surface area (Å²) in [5.41, 5.74) is 6.36. The monoisotopic (exact) mass is 404 g/mol. The number of hydrogen-bond acceptors (Lipinski definition) is 6. The molecule has 1 fully saturated rings. The van der Waals surface area contributed by atoms with E-state index in [4.69, 9.17) is 5.73 Å². The summed E-state index contributed by atoms with van der Waals surface area (Å²) < 4.78 is 0. The lowest BCUT2D eigenvalue weighted by atomic mass is 9.75. The van der Waals surface area contributed by atoms with Crippen molar-refractivity contribution in [3.8, 4) is 0 Å². The van der Waals surface area contributed by atoms with Gasteiger partial charge in [-0.05, 0) is 38.7 Å². The molecule has 6 N–H and O–H groups in total. The predicted molar refractivity (Wildman–Crippen MR) is 108 cm³/mol. The summed E-state index contributed by atoms with van der Waals surface area (Å²) in [7, 11) is -1.74. The maximum absolute atomic E-state index is 12.8. The van der Waals surface area contributed by atoms with Crippen LogP contribution in [0.15, 0.2) is 30.3 Å². The van der Waals surface area contributed by atoms with Gasteiger partial charge in [-0.3, -0.25) is 14.4 Å². The van der Waals surface area contributed by atoms with Crippen LogP contribution in [0.1, 0.15) is 32.3 Å². The van der Waals surface area contributed by atoms with Gasteiger partial charge in [0.2, 0.25) is 17.7 Å². The summed E-state index contributed by atoms with van der Waals surface area (Å²) in [6.45, 7) is 3.46. The van der Waals surface area contributed by atoms with Gasteiger partial charge < -0.3 is 31.3 Å². The molecule has 1 aliphatic rings. The third-order valence-corrected chi connectivity index (χ3v) is 4.97. The van der Waals surface area contributed by atoms with Crippen LogP contribution in [-0.4, -0.2) is 70.4 Å². The minimum atomic E-state index is -1.74. The number of nitrogens with one attached hydrogen (secondary N) is 2. The minimum Gasteiger partial charge on any atom is -0.426 e. The fourth-order valence-corrected chi connectivity index (χ4v) is 3.34. The first-order valence-corrected chi connectivity index (χ1v) is 9.77. The summed E-state index contributed by atoms with van der Waals surface area (Å²) in [4.78, 5) is 38.7. The van der Waals surface area contributed by atoms with Gasteiger partial charge in [-0.25, -0.2) is 0 Å². The van der Waals surface area contributed by atoms with Gasteiger partial charge in [-0.2, -0.15) is 0 Å². The molecule has 1 saturated heterocycles. The zero-order valence-corrected chi connectivity index (χ0v) is 16.7. The van der Waals surface area contributed by atoms with E-state index >= 15 is 0 Å². The van der Waals surface area contributed by atoms with E-state index in [2.05, 4.69) is 10.6 Å². The normalized spacial score (nSPS) is 19.2. The Kier molecular flexibility index (Phi) is 8.18. The predicted octanol–water partition coefficient (Wildman–Crippen LogP) is -1.43. The van der Waals surface area contributed by atoms with Gasteiger partial charge in [0.15, 0.2) is 0 Å². The third-order valence-electron chi connectivity index (χ3n) is 4.97. The SMILES string of the molecule is C[C@H](N)C(=O)N[C@@H](C)C(=O)N1CCC[C@H]1C(=O)N[C@@H](Cc1ccccc1)B(O)O. The Labute approximate surface area is 170 Å². The van der Waals surface area contributed by atoms with Crippen molar-refractivity contribution >= 4 is 24.8 Å². The minimum absolute atomic E-state index is 0.242. The fourth-order valence-electron chi connectivity index (χ4n) is 3.34. The molecule has 1 aromatic carbocycles. The van der Waals surface area contributed by atoms with Crippen LogP contribution in [0.4, 0.5) is 0 Å². The number of nitrogens with zero attached hydrogens (tertiary/aromatic N) is 1. The molecule has 29 heavy (non-hydrogen) atoms. The van der Waals surface area contributed by atoms with E-state index in [1.54, 1.807) is 6.92 Å². The molecule has 1 aliphatic heterocycles. The van der Waals surface area contributed by atoms with E-state index < -0.39 is 43.0 Å². The highest BCUT2D eigenvalue weighted by Crippen LogP contribution is 2.19. The molecular formula is C19H29BN4O5. The zero-order valence-electron chi connectivity index (χ0n) is 16.7.